The first-order valence-electron chi connectivity index (χ1n) is 5.71. The summed E-state index contributed by atoms with van der Waals surface area (Å²) in [6.07, 6.45) is 0.626. The molecule has 102 valence electrons. The predicted octanol–water partition coefficient (Wildman–Crippen LogP) is 3.59. The average Bonchev–Trinajstić information content (AvgIpc) is 2.46. The molecule has 0 aliphatic carbocycles. The summed E-state index contributed by atoms with van der Waals surface area (Å²) < 4.78 is 6.56. The number of rotatable bonds is 5. The molecule has 20 heavy (non-hydrogen) atoms. The van der Waals surface area contributed by atoms with Crippen LogP contribution in [0, 0.1) is 13.7 Å². The molecule has 0 bridgehead atoms. The van der Waals surface area contributed by atoms with Crippen molar-refractivity contribution in [3.63, 3.8) is 0 Å². The number of hydrogen-bond acceptors (Lipinski definition) is 4. The fraction of sp³-hybridized carbons (Fsp3) is 0.0714. The third kappa shape index (κ3) is 3.53. The van der Waals surface area contributed by atoms with Crippen LogP contribution in [-0.2, 0) is 6.61 Å². The van der Waals surface area contributed by atoms with Crippen LogP contribution >= 0.6 is 22.6 Å². The highest BCUT2D eigenvalue weighted by atomic mass is 127. The van der Waals surface area contributed by atoms with Crippen LogP contribution in [0.5, 0.6) is 5.75 Å². The van der Waals surface area contributed by atoms with Crippen molar-refractivity contribution >= 4 is 34.6 Å². The van der Waals surface area contributed by atoms with E-state index in [0.717, 1.165) is 9.13 Å². The number of benzene rings is 2. The molecular weight excluding hydrogens is 373 g/mol. The summed E-state index contributed by atoms with van der Waals surface area (Å²) in [5.74, 6) is 0.0955. The SMILES string of the molecule is O=Cc1ccc([N+](=O)[O-])c(OCc2ccc(I)cc2)c1. The summed E-state index contributed by atoms with van der Waals surface area (Å²) in [4.78, 5) is 21.1. The standard InChI is InChI=1S/C14H10INO4/c15-12-4-1-10(2-5-12)9-20-14-7-11(8-17)3-6-13(14)16(18)19/h1-8H,9H2. The number of carbonyl (C=O) groups excluding carboxylic acids is 1. The highest BCUT2D eigenvalue weighted by Gasteiger charge is 2.15. The molecule has 0 aliphatic rings. The maximum Gasteiger partial charge on any atom is 0.310 e. The molecule has 0 heterocycles. The van der Waals surface area contributed by atoms with Crippen molar-refractivity contribution in [2.24, 2.45) is 0 Å². The van der Waals surface area contributed by atoms with Crippen molar-refractivity contribution in [1.82, 2.24) is 0 Å². The van der Waals surface area contributed by atoms with Gasteiger partial charge in [0.2, 0.25) is 0 Å². The van der Waals surface area contributed by atoms with Gasteiger partial charge in [0.25, 0.3) is 0 Å². The van der Waals surface area contributed by atoms with E-state index in [2.05, 4.69) is 22.6 Å². The lowest BCUT2D eigenvalue weighted by Gasteiger charge is -2.07. The number of aldehydes is 1. The molecule has 0 amide bonds. The summed E-state index contributed by atoms with van der Waals surface area (Å²) in [6, 6.07) is 11.7. The highest BCUT2D eigenvalue weighted by Crippen LogP contribution is 2.28. The maximum atomic E-state index is 10.9. The summed E-state index contributed by atoms with van der Waals surface area (Å²) >= 11 is 2.19. The molecule has 0 fully saturated rings. The quantitative estimate of drug-likeness (QED) is 0.343. The fourth-order valence-electron chi connectivity index (χ4n) is 1.61. The molecular formula is C14H10INO4. The first-order valence-corrected chi connectivity index (χ1v) is 6.79. The van der Waals surface area contributed by atoms with E-state index in [-0.39, 0.29) is 18.0 Å². The summed E-state index contributed by atoms with van der Waals surface area (Å²) in [6.45, 7) is 0.208. The van der Waals surface area contributed by atoms with E-state index < -0.39 is 4.92 Å². The van der Waals surface area contributed by atoms with Crippen LogP contribution in [0.1, 0.15) is 15.9 Å². The Balaban J connectivity index is 2.20. The minimum Gasteiger partial charge on any atom is -0.482 e. The van der Waals surface area contributed by atoms with Gasteiger partial charge in [0.1, 0.15) is 12.9 Å². The molecule has 6 heteroatoms. The van der Waals surface area contributed by atoms with Crippen molar-refractivity contribution in [1.29, 1.82) is 0 Å². The van der Waals surface area contributed by atoms with Crippen LogP contribution in [0.15, 0.2) is 42.5 Å². The topological polar surface area (TPSA) is 69.4 Å². The predicted molar refractivity (Wildman–Crippen MR) is 82.0 cm³/mol. The summed E-state index contributed by atoms with van der Waals surface area (Å²) in [5, 5.41) is 10.9. The lowest BCUT2D eigenvalue weighted by atomic mass is 10.2. The number of nitrogens with zero attached hydrogens (tertiary/aromatic N) is 1. The Morgan fingerprint density at radius 3 is 2.50 bits per heavy atom. The zero-order chi connectivity index (χ0) is 14.5. The lowest BCUT2D eigenvalue weighted by Crippen LogP contribution is -2.00. The van der Waals surface area contributed by atoms with Crippen molar-refractivity contribution in [2.75, 3.05) is 0 Å². The second-order valence-electron chi connectivity index (χ2n) is 4.02. The van der Waals surface area contributed by atoms with E-state index in [1.807, 2.05) is 24.3 Å². The van der Waals surface area contributed by atoms with E-state index in [4.69, 9.17) is 4.74 Å². The van der Waals surface area contributed by atoms with E-state index in [1.54, 1.807) is 0 Å². The van der Waals surface area contributed by atoms with Crippen LogP contribution in [-0.4, -0.2) is 11.2 Å². The second kappa shape index (κ2) is 6.47. The molecule has 0 aliphatic heterocycles. The van der Waals surface area contributed by atoms with Gasteiger partial charge >= 0.3 is 5.69 Å². The minimum absolute atomic E-state index is 0.0955. The van der Waals surface area contributed by atoms with Gasteiger partial charge in [-0.05, 0) is 52.4 Å². The highest BCUT2D eigenvalue weighted by molar-refractivity contribution is 14.1. The van der Waals surface area contributed by atoms with Gasteiger partial charge in [0.15, 0.2) is 5.75 Å². The molecule has 0 aromatic heterocycles. The molecule has 0 spiro atoms. The second-order valence-corrected chi connectivity index (χ2v) is 5.26. The van der Waals surface area contributed by atoms with E-state index >= 15 is 0 Å². The van der Waals surface area contributed by atoms with Crippen LogP contribution in [0.2, 0.25) is 0 Å². The Morgan fingerprint density at radius 2 is 1.90 bits per heavy atom. The first-order chi connectivity index (χ1) is 9.60. The fourth-order valence-corrected chi connectivity index (χ4v) is 1.97. The average molecular weight is 383 g/mol. The van der Waals surface area contributed by atoms with Crippen molar-refractivity contribution < 1.29 is 14.5 Å². The number of halogens is 1. The molecule has 0 atom stereocenters. The van der Waals surface area contributed by atoms with Crippen LogP contribution < -0.4 is 4.74 Å². The van der Waals surface area contributed by atoms with Crippen molar-refractivity contribution in [2.45, 2.75) is 6.61 Å². The Kier molecular flexibility index (Phi) is 4.67. The normalized spacial score (nSPS) is 10.1. The first kappa shape index (κ1) is 14.4. The van der Waals surface area contributed by atoms with E-state index in [1.165, 1.54) is 18.2 Å². The zero-order valence-electron chi connectivity index (χ0n) is 10.3. The summed E-state index contributed by atoms with van der Waals surface area (Å²) in [7, 11) is 0. The zero-order valence-corrected chi connectivity index (χ0v) is 12.4. The Labute approximate surface area is 128 Å². The van der Waals surface area contributed by atoms with E-state index in [9.17, 15) is 14.9 Å². The molecule has 2 aromatic rings. The van der Waals surface area contributed by atoms with E-state index in [0.29, 0.717) is 11.8 Å². The Bertz CT molecular complexity index is 640. The number of carbonyl (C=O) groups is 1. The van der Waals surface area contributed by atoms with Gasteiger partial charge in [-0.2, -0.15) is 0 Å². The molecule has 5 nitrogen and oxygen atoms in total. The Morgan fingerprint density at radius 1 is 1.20 bits per heavy atom. The number of nitro groups is 1. The van der Waals surface area contributed by atoms with Crippen molar-refractivity contribution in [3.8, 4) is 5.75 Å². The largest absolute Gasteiger partial charge is 0.482 e. The lowest BCUT2D eigenvalue weighted by molar-refractivity contribution is -0.385. The van der Waals surface area contributed by atoms with Gasteiger partial charge in [-0.15, -0.1) is 0 Å². The number of hydrogen-bond donors (Lipinski definition) is 0. The van der Waals surface area contributed by atoms with Crippen molar-refractivity contribution in [3.05, 3.63) is 67.3 Å². The molecule has 0 unspecified atom stereocenters. The van der Waals surface area contributed by atoms with Gasteiger partial charge in [0.05, 0.1) is 4.92 Å². The molecule has 2 rings (SSSR count). The molecule has 0 saturated carbocycles. The Hall–Kier alpha value is -1.96. The van der Waals surface area contributed by atoms with Gasteiger partial charge in [-0.25, -0.2) is 0 Å². The summed E-state index contributed by atoms with van der Waals surface area (Å²) in [5.41, 5.74) is 1.09. The molecule has 0 N–H and O–H groups in total. The molecule has 2 aromatic carbocycles. The smallest absolute Gasteiger partial charge is 0.310 e. The van der Waals surface area contributed by atoms with Crippen LogP contribution in [0.25, 0.3) is 0 Å². The monoisotopic (exact) mass is 383 g/mol. The van der Waals surface area contributed by atoms with Gasteiger partial charge in [0, 0.05) is 15.2 Å². The van der Waals surface area contributed by atoms with Gasteiger partial charge in [-0.3, -0.25) is 14.9 Å². The number of nitro benzene ring substituents is 1. The third-order valence-electron chi connectivity index (χ3n) is 2.62. The molecule has 0 radical (unpaired) electrons. The molecule has 0 saturated heterocycles. The maximum absolute atomic E-state index is 10.9. The third-order valence-corrected chi connectivity index (χ3v) is 3.34. The minimum atomic E-state index is -0.530. The van der Waals surface area contributed by atoms with Gasteiger partial charge < -0.3 is 4.74 Å². The number of ether oxygens (including phenoxy) is 1. The van der Waals surface area contributed by atoms with Gasteiger partial charge in [-0.1, -0.05) is 12.1 Å². The van der Waals surface area contributed by atoms with Crippen LogP contribution in [0.4, 0.5) is 5.69 Å². The van der Waals surface area contributed by atoms with Crippen LogP contribution in [0.3, 0.4) is 0 Å².